The van der Waals surface area contributed by atoms with Gasteiger partial charge >= 0.3 is 5.91 Å². The third kappa shape index (κ3) is 5.02. The number of pyridine rings is 1. The first-order valence-corrected chi connectivity index (χ1v) is 15.1. The number of fused-ring (bicyclic) bond motifs is 1. The van der Waals surface area contributed by atoms with Crippen LogP contribution in [0.2, 0.25) is 0 Å². The molecular weight excluding hydrogens is 587 g/mol. The summed E-state index contributed by atoms with van der Waals surface area (Å²) in [7, 11) is 3.02. The minimum atomic E-state index is -1.02. The second-order valence-electron chi connectivity index (χ2n) is 9.84. The van der Waals surface area contributed by atoms with E-state index in [-0.39, 0.29) is 22.2 Å². The highest BCUT2D eigenvalue weighted by Crippen LogP contribution is 2.45. The van der Waals surface area contributed by atoms with E-state index in [0.717, 1.165) is 11.1 Å². The Balaban J connectivity index is 1.48. The third-order valence-electron chi connectivity index (χ3n) is 7.28. The summed E-state index contributed by atoms with van der Waals surface area (Å²) < 4.78 is 13.4. The highest BCUT2D eigenvalue weighted by molar-refractivity contribution is 8.00. The van der Waals surface area contributed by atoms with E-state index in [1.165, 1.54) is 42.2 Å². The molecular formula is C31H27N5O5S2. The Bertz CT molecular complexity index is 1900. The monoisotopic (exact) mass is 613 g/mol. The minimum Gasteiger partial charge on any atom is -0.505 e. The van der Waals surface area contributed by atoms with Crippen LogP contribution in [0.5, 0.6) is 11.5 Å². The summed E-state index contributed by atoms with van der Waals surface area (Å²) in [4.78, 5) is 33.4. The number of imidazole rings is 1. The van der Waals surface area contributed by atoms with Crippen LogP contribution < -0.4 is 14.4 Å². The van der Waals surface area contributed by atoms with Crippen molar-refractivity contribution in [2.75, 3.05) is 19.1 Å². The van der Waals surface area contributed by atoms with Crippen LogP contribution in [0.1, 0.15) is 34.1 Å². The molecule has 1 saturated heterocycles. The fraction of sp³-hybridized carbons (Fsp3) is 0.194. The Morgan fingerprint density at radius 2 is 1.77 bits per heavy atom. The van der Waals surface area contributed by atoms with Crippen molar-refractivity contribution in [1.82, 2.24) is 19.6 Å². The molecule has 6 rings (SSSR count). The van der Waals surface area contributed by atoms with Gasteiger partial charge in [-0.25, -0.2) is 4.98 Å². The topological polar surface area (TPSA) is 119 Å². The van der Waals surface area contributed by atoms with Crippen LogP contribution in [0, 0.1) is 13.8 Å². The summed E-state index contributed by atoms with van der Waals surface area (Å²) in [5.74, 6) is -0.495. The third-order valence-corrected chi connectivity index (χ3v) is 9.41. The number of aryl methyl sites for hydroxylation is 2. The van der Waals surface area contributed by atoms with Crippen molar-refractivity contribution in [3.8, 4) is 11.5 Å². The molecule has 1 atom stereocenters. The molecule has 1 fully saturated rings. The molecule has 0 radical (unpaired) electrons. The molecule has 10 nitrogen and oxygen atoms in total. The zero-order valence-electron chi connectivity index (χ0n) is 23.8. The molecule has 1 unspecified atom stereocenters. The molecule has 0 spiro atoms. The number of ketones is 1. The Morgan fingerprint density at radius 1 is 1.00 bits per heavy atom. The van der Waals surface area contributed by atoms with Gasteiger partial charge in [0.05, 0.1) is 31.5 Å². The van der Waals surface area contributed by atoms with Crippen molar-refractivity contribution in [3.63, 3.8) is 0 Å². The van der Waals surface area contributed by atoms with Crippen molar-refractivity contribution < 1.29 is 24.2 Å². The number of Topliss-reactive ketones (excluding diaryl/α,β-unsaturated/α-hetero) is 1. The number of hydrogen-bond acceptors (Lipinski definition) is 10. The number of ether oxygens (including phenoxy) is 2. The Morgan fingerprint density at radius 3 is 2.49 bits per heavy atom. The van der Waals surface area contributed by atoms with Gasteiger partial charge in [0.15, 0.2) is 21.6 Å². The van der Waals surface area contributed by atoms with E-state index in [1.54, 1.807) is 25.1 Å². The van der Waals surface area contributed by atoms with E-state index >= 15 is 0 Å². The van der Waals surface area contributed by atoms with E-state index in [0.29, 0.717) is 38.5 Å². The molecule has 4 heterocycles. The normalized spacial score (nSPS) is 16.3. The summed E-state index contributed by atoms with van der Waals surface area (Å²) >= 11 is 2.69. The van der Waals surface area contributed by atoms with E-state index in [1.807, 2.05) is 60.0 Å². The molecule has 43 heavy (non-hydrogen) atoms. The molecule has 1 aliphatic rings. The number of nitrogens with zero attached hydrogens (tertiary/aromatic N) is 5. The highest BCUT2D eigenvalue weighted by atomic mass is 32.2. The number of aromatic nitrogens is 4. The van der Waals surface area contributed by atoms with Crippen LogP contribution in [0.4, 0.5) is 5.13 Å². The maximum Gasteiger partial charge on any atom is 0.301 e. The molecule has 12 heteroatoms. The summed E-state index contributed by atoms with van der Waals surface area (Å²) in [6.45, 7) is 3.72. The quantitative estimate of drug-likeness (QED) is 0.0768. The lowest BCUT2D eigenvalue weighted by molar-refractivity contribution is -0.132. The molecule has 1 N–H and O–H groups in total. The number of thioether (sulfide) groups is 1. The second-order valence-corrected chi connectivity index (χ2v) is 12.0. The van der Waals surface area contributed by atoms with Gasteiger partial charge in [-0.1, -0.05) is 65.6 Å². The van der Waals surface area contributed by atoms with Crippen LogP contribution in [0.25, 0.3) is 11.4 Å². The minimum absolute atomic E-state index is 0.102. The second kappa shape index (κ2) is 11.5. The maximum absolute atomic E-state index is 13.7. The number of carbonyl (C=O) groups is 2. The first kappa shape index (κ1) is 28.4. The van der Waals surface area contributed by atoms with E-state index in [2.05, 4.69) is 15.2 Å². The number of aliphatic hydroxyl groups is 1. The lowest BCUT2D eigenvalue weighted by Crippen LogP contribution is -2.29. The van der Waals surface area contributed by atoms with Crippen molar-refractivity contribution in [3.05, 3.63) is 101 Å². The Hall–Kier alpha value is -4.68. The predicted octanol–water partition coefficient (Wildman–Crippen LogP) is 5.74. The van der Waals surface area contributed by atoms with Gasteiger partial charge in [0.2, 0.25) is 5.13 Å². The molecule has 3 aromatic heterocycles. The Labute approximate surface area is 255 Å². The largest absolute Gasteiger partial charge is 0.505 e. The summed E-state index contributed by atoms with van der Waals surface area (Å²) in [5, 5.41) is 20.6. The number of carbonyl (C=O) groups excluding carboxylic acids is 2. The predicted molar refractivity (Wildman–Crippen MR) is 165 cm³/mol. The van der Waals surface area contributed by atoms with Crippen molar-refractivity contribution in [2.24, 2.45) is 0 Å². The number of benzene rings is 2. The fourth-order valence-corrected chi connectivity index (χ4v) is 6.94. The van der Waals surface area contributed by atoms with Gasteiger partial charge < -0.3 is 19.0 Å². The average Bonchev–Trinajstić information content (AvgIpc) is 3.71. The lowest BCUT2D eigenvalue weighted by atomic mass is 9.96. The van der Waals surface area contributed by atoms with Gasteiger partial charge in [-0.2, -0.15) is 0 Å². The first-order chi connectivity index (χ1) is 20.8. The van der Waals surface area contributed by atoms with Crippen LogP contribution in [0.15, 0.2) is 76.8 Å². The van der Waals surface area contributed by atoms with Crippen molar-refractivity contribution in [2.45, 2.75) is 30.0 Å². The molecule has 0 aliphatic carbocycles. The first-order valence-electron chi connectivity index (χ1n) is 13.3. The summed E-state index contributed by atoms with van der Waals surface area (Å²) in [6.07, 6.45) is 1.84. The molecule has 0 saturated carbocycles. The fourth-order valence-electron chi connectivity index (χ4n) is 5.12. The van der Waals surface area contributed by atoms with Crippen molar-refractivity contribution >= 4 is 51.3 Å². The van der Waals surface area contributed by atoms with Gasteiger partial charge in [0, 0.05) is 11.9 Å². The number of amides is 1. The molecule has 2 aromatic carbocycles. The van der Waals surface area contributed by atoms with Crippen LogP contribution in [0.3, 0.4) is 0 Å². The van der Waals surface area contributed by atoms with Crippen LogP contribution in [-0.4, -0.2) is 50.6 Å². The molecule has 0 bridgehead atoms. The molecule has 218 valence electrons. The highest BCUT2D eigenvalue weighted by Gasteiger charge is 2.49. The standard InChI is InChI=1S/C31H27N5O5S2/c1-17-9-8-14-35-18(2)24(32-28(17)35)26(37)23-25(20-12-13-21(40-3)22(15-20)41-4)36(29(39)27(23)38)30-33-34-31(43-30)42-16-19-10-6-5-7-11-19/h5-15,25,37H,16H2,1-4H3/b26-23+. The Kier molecular flexibility index (Phi) is 7.63. The van der Waals surface area contributed by atoms with Gasteiger partial charge in [-0.05, 0) is 48.7 Å². The van der Waals surface area contributed by atoms with Crippen molar-refractivity contribution in [1.29, 1.82) is 0 Å². The molecule has 1 amide bonds. The van der Waals surface area contributed by atoms with Gasteiger partial charge in [-0.3, -0.25) is 14.5 Å². The maximum atomic E-state index is 13.7. The van der Waals surface area contributed by atoms with E-state index in [9.17, 15) is 14.7 Å². The van der Waals surface area contributed by atoms with Crippen LogP contribution >= 0.6 is 23.1 Å². The lowest BCUT2D eigenvalue weighted by Gasteiger charge is -2.23. The van der Waals surface area contributed by atoms with E-state index < -0.39 is 17.7 Å². The van der Waals surface area contributed by atoms with Gasteiger partial charge in [0.25, 0.3) is 5.78 Å². The molecule has 1 aliphatic heterocycles. The zero-order valence-corrected chi connectivity index (χ0v) is 25.4. The smallest absolute Gasteiger partial charge is 0.301 e. The average molecular weight is 614 g/mol. The number of rotatable bonds is 8. The van der Waals surface area contributed by atoms with Crippen LogP contribution in [-0.2, 0) is 15.3 Å². The summed E-state index contributed by atoms with van der Waals surface area (Å²) in [6, 6.07) is 17.8. The summed E-state index contributed by atoms with van der Waals surface area (Å²) in [5.41, 5.74) is 3.92. The number of hydrogen-bond donors (Lipinski definition) is 1. The van der Waals surface area contributed by atoms with Gasteiger partial charge in [-0.15, -0.1) is 10.2 Å². The van der Waals surface area contributed by atoms with E-state index in [4.69, 9.17) is 9.47 Å². The molecule has 5 aromatic rings. The van der Waals surface area contributed by atoms with Gasteiger partial charge in [0.1, 0.15) is 11.3 Å². The zero-order chi connectivity index (χ0) is 30.2. The SMILES string of the molecule is COc1ccc(C2/C(=C(\O)c3nc4c(C)cccn4c3C)C(=O)C(=O)N2c2nnc(SCc3ccccc3)s2)cc1OC. The number of methoxy groups -OCH3 is 2. The number of anilines is 1. The number of aliphatic hydroxyl groups excluding tert-OH is 1.